The van der Waals surface area contributed by atoms with E-state index in [4.69, 9.17) is 5.73 Å². The first-order valence-corrected chi connectivity index (χ1v) is 5.36. The molecule has 90 valence electrons. The van der Waals surface area contributed by atoms with E-state index in [1.807, 2.05) is 0 Å². The van der Waals surface area contributed by atoms with E-state index in [9.17, 15) is 14.9 Å². The van der Waals surface area contributed by atoms with Crippen LogP contribution in [0.1, 0.15) is 10.4 Å². The number of carbonyl (C=O) groups excluding carboxylic acids is 1. The number of nitro benzene ring substituents is 1. The van der Waals surface area contributed by atoms with E-state index >= 15 is 0 Å². The van der Waals surface area contributed by atoms with Gasteiger partial charge in [-0.1, -0.05) is 22.5 Å². The molecule has 0 atom stereocenters. The molecular formula is C10H10BrN3O3. The van der Waals surface area contributed by atoms with Crippen molar-refractivity contribution in [2.45, 2.75) is 0 Å². The third kappa shape index (κ3) is 3.56. The van der Waals surface area contributed by atoms with E-state index in [2.05, 4.69) is 27.8 Å². The highest BCUT2D eigenvalue weighted by Crippen LogP contribution is 2.19. The fraction of sp³-hybridized carbons (Fsp3) is 0.100. The minimum atomic E-state index is -0.584. The van der Waals surface area contributed by atoms with E-state index < -0.39 is 10.8 Å². The molecule has 0 spiro atoms. The van der Waals surface area contributed by atoms with E-state index in [0.29, 0.717) is 4.48 Å². The lowest BCUT2D eigenvalue weighted by atomic mass is 10.1. The Morgan fingerprint density at radius 2 is 2.24 bits per heavy atom. The fourth-order valence-electron chi connectivity index (χ4n) is 1.13. The molecule has 1 amide bonds. The predicted molar refractivity (Wildman–Crippen MR) is 67.9 cm³/mol. The van der Waals surface area contributed by atoms with Gasteiger partial charge in [0.1, 0.15) is 0 Å². The van der Waals surface area contributed by atoms with Gasteiger partial charge in [0.2, 0.25) is 0 Å². The molecule has 7 heteroatoms. The Morgan fingerprint density at radius 1 is 1.59 bits per heavy atom. The first kappa shape index (κ1) is 13.2. The van der Waals surface area contributed by atoms with Gasteiger partial charge in [-0.3, -0.25) is 14.9 Å². The molecule has 3 N–H and O–H groups in total. The molecule has 0 radical (unpaired) electrons. The molecule has 0 aliphatic carbocycles. The van der Waals surface area contributed by atoms with E-state index in [-0.39, 0.29) is 23.5 Å². The fourth-order valence-corrected chi connectivity index (χ4v) is 1.27. The largest absolute Gasteiger partial charge is 0.398 e. The first-order valence-electron chi connectivity index (χ1n) is 4.57. The lowest BCUT2D eigenvalue weighted by molar-refractivity contribution is -0.384. The zero-order chi connectivity index (χ0) is 13.0. The van der Waals surface area contributed by atoms with Crippen LogP contribution in [0.25, 0.3) is 0 Å². The van der Waals surface area contributed by atoms with Crippen molar-refractivity contribution in [1.29, 1.82) is 0 Å². The average Bonchev–Trinajstić information content (AvgIpc) is 2.26. The highest BCUT2D eigenvalue weighted by molar-refractivity contribution is 9.11. The summed E-state index contributed by atoms with van der Waals surface area (Å²) in [5.41, 5.74) is 5.67. The Kier molecular flexibility index (Phi) is 4.22. The molecule has 0 unspecified atom stereocenters. The molecule has 0 saturated carbocycles. The summed E-state index contributed by atoms with van der Waals surface area (Å²) < 4.78 is 0.592. The summed E-state index contributed by atoms with van der Waals surface area (Å²) in [4.78, 5) is 21.6. The van der Waals surface area contributed by atoms with Crippen LogP contribution >= 0.6 is 15.9 Å². The SMILES string of the molecule is C=C(Br)CNC(=O)c1cc([N+](=O)[O-])ccc1N. The van der Waals surface area contributed by atoms with Crippen molar-refractivity contribution in [3.05, 3.63) is 44.9 Å². The molecule has 1 aromatic carbocycles. The van der Waals surface area contributed by atoms with Gasteiger partial charge in [0.25, 0.3) is 11.6 Å². The summed E-state index contributed by atoms with van der Waals surface area (Å²) in [6, 6.07) is 3.72. The number of nitrogen functional groups attached to an aromatic ring is 1. The molecule has 0 aromatic heterocycles. The molecular weight excluding hydrogens is 290 g/mol. The van der Waals surface area contributed by atoms with Crippen molar-refractivity contribution >= 4 is 33.2 Å². The summed E-state index contributed by atoms with van der Waals surface area (Å²) in [5, 5.41) is 13.1. The van der Waals surface area contributed by atoms with Gasteiger partial charge in [-0.05, 0) is 6.07 Å². The Labute approximate surface area is 106 Å². The molecule has 1 aromatic rings. The minimum Gasteiger partial charge on any atom is -0.398 e. The topological polar surface area (TPSA) is 98.3 Å². The molecule has 0 fully saturated rings. The van der Waals surface area contributed by atoms with Gasteiger partial charge in [-0.15, -0.1) is 0 Å². The second kappa shape index (κ2) is 5.44. The van der Waals surface area contributed by atoms with Crippen LogP contribution in [-0.4, -0.2) is 17.4 Å². The van der Waals surface area contributed by atoms with Crippen molar-refractivity contribution in [2.75, 3.05) is 12.3 Å². The van der Waals surface area contributed by atoms with E-state index in [0.717, 1.165) is 6.07 Å². The molecule has 17 heavy (non-hydrogen) atoms. The summed E-state index contributed by atoms with van der Waals surface area (Å²) in [7, 11) is 0. The van der Waals surface area contributed by atoms with Gasteiger partial charge in [0, 0.05) is 28.8 Å². The van der Waals surface area contributed by atoms with Crippen LogP contribution in [0.5, 0.6) is 0 Å². The lowest BCUT2D eigenvalue weighted by Gasteiger charge is -2.06. The lowest BCUT2D eigenvalue weighted by Crippen LogP contribution is -2.25. The smallest absolute Gasteiger partial charge is 0.270 e. The van der Waals surface area contributed by atoms with Crippen LogP contribution in [0.4, 0.5) is 11.4 Å². The second-order valence-corrected chi connectivity index (χ2v) is 4.35. The maximum atomic E-state index is 11.7. The number of hydrogen-bond donors (Lipinski definition) is 2. The van der Waals surface area contributed by atoms with Gasteiger partial charge < -0.3 is 11.1 Å². The molecule has 0 aliphatic heterocycles. The number of benzene rings is 1. The third-order valence-corrected chi connectivity index (χ3v) is 2.21. The normalized spacial score (nSPS) is 9.71. The molecule has 6 nitrogen and oxygen atoms in total. The van der Waals surface area contributed by atoms with Crippen LogP contribution in [0.2, 0.25) is 0 Å². The van der Waals surface area contributed by atoms with Gasteiger partial charge in [0.15, 0.2) is 0 Å². The molecule has 1 rings (SSSR count). The summed E-state index contributed by atoms with van der Waals surface area (Å²) in [6.07, 6.45) is 0. The molecule has 0 bridgehead atoms. The zero-order valence-electron chi connectivity index (χ0n) is 8.77. The van der Waals surface area contributed by atoms with Crippen molar-refractivity contribution in [3.8, 4) is 0 Å². The first-order chi connectivity index (χ1) is 7.91. The number of non-ortho nitro benzene ring substituents is 1. The van der Waals surface area contributed by atoms with Gasteiger partial charge >= 0.3 is 0 Å². The van der Waals surface area contributed by atoms with Gasteiger partial charge in [-0.2, -0.15) is 0 Å². The summed E-state index contributed by atoms with van der Waals surface area (Å²) >= 11 is 3.08. The highest BCUT2D eigenvalue weighted by Gasteiger charge is 2.14. The highest BCUT2D eigenvalue weighted by atomic mass is 79.9. The number of amides is 1. The van der Waals surface area contributed by atoms with Crippen LogP contribution in [0.3, 0.4) is 0 Å². The van der Waals surface area contributed by atoms with E-state index in [1.165, 1.54) is 12.1 Å². The second-order valence-electron chi connectivity index (χ2n) is 3.23. The number of rotatable bonds is 4. The van der Waals surface area contributed by atoms with Crippen LogP contribution in [0.15, 0.2) is 29.3 Å². The van der Waals surface area contributed by atoms with Crippen molar-refractivity contribution in [1.82, 2.24) is 5.32 Å². The number of nitrogens with zero attached hydrogens (tertiary/aromatic N) is 1. The number of hydrogen-bond acceptors (Lipinski definition) is 4. The standard InChI is InChI=1S/C10H10BrN3O3/c1-6(11)5-13-10(15)8-4-7(14(16)17)2-3-9(8)12/h2-4H,1,5,12H2,(H,13,15). The maximum absolute atomic E-state index is 11.7. The summed E-state index contributed by atoms with van der Waals surface area (Å²) in [5.74, 6) is -0.480. The Bertz CT molecular complexity index is 488. The Balaban J connectivity index is 2.95. The summed E-state index contributed by atoms with van der Waals surface area (Å²) in [6.45, 7) is 3.77. The Morgan fingerprint density at radius 3 is 2.76 bits per heavy atom. The maximum Gasteiger partial charge on any atom is 0.270 e. The number of nitrogens with two attached hydrogens (primary N) is 1. The molecule has 0 saturated heterocycles. The van der Waals surface area contributed by atoms with Crippen molar-refractivity contribution < 1.29 is 9.72 Å². The van der Waals surface area contributed by atoms with Crippen molar-refractivity contribution in [2.24, 2.45) is 0 Å². The van der Waals surface area contributed by atoms with Crippen LogP contribution < -0.4 is 11.1 Å². The van der Waals surface area contributed by atoms with Crippen molar-refractivity contribution in [3.63, 3.8) is 0 Å². The number of nitro groups is 1. The van der Waals surface area contributed by atoms with E-state index in [1.54, 1.807) is 0 Å². The monoisotopic (exact) mass is 299 g/mol. The number of anilines is 1. The number of nitrogens with one attached hydrogen (secondary N) is 1. The van der Waals surface area contributed by atoms with Crippen LogP contribution in [-0.2, 0) is 0 Å². The average molecular weight is 300 g/mol. The minimum absolute atomic E-state index is 0.0768. The number of halogens is 1. The molecule has 0 aliphatic rings. The predicted octanol–water partition coefficient (Wildman–Crippen LogP) is 1.82. The molecule has 0 heterocycles. The van der Waals surface area contributed by atoms with Gasteiger partial charge in [-0.25, -0.2) is 0 Å². The van der Waals surface area contributed by atoms with Gasteiger partial charge in [0.05, 0.1) is 10.5 Å². The van der Waals surface area contributed by atoms with Crippen LogP contribution in [0, 0.1) is 10.1 Å². The Hall–Kier alpha value is -1.89. The quantitative estimate of drug-likeness (QED) is 0.503. The zero-order valence-corrected chi connectivity index (χ0v) is 10.4. The third-order valence-electron chi connectivity index (χ3n) is 1.93. The number of carbonyl (C=O) groups is 1.